The van der Waals surface area contributed by atoms with Gasteiger partial charge >= 0.3 is 0 Å². The molecule has 0 amide bonds. The number of piperidine rings is 1. The molecular formula is C34H50BrN7. The number of nitrogens with two attached hydrogens (primary N) is 3. The first-order chi connectivity index (χ1) is 20.2. The SMILES string of the molecule is CC1C=C2C(C)C21C.CN(C)c1cc(Br)nnc1-c1ccccc1.NCCC1CCN(Cc2ccccc2)CC1.NN. The van der Waals surface area contributed by atoms with Gasteiger partial charge < -0.3 is 10.6 Å². The Morgan fingerprint density at radius 2 is 1.55 bits per heavy atom. The lowest BCUT2D eigenvalue weighted by atomic mass is 9.83. The van der Waals surface area contributed by atoms with Crippen LogP contribution in [-0.2, 0) is 6.54 Å². The molecule has 3 aromatic rings. The first kappa shape index (κ1) is 33.9. The molecule has 0 bridgehead atoms. The van der Waals surface area contributed by atoms with E-state index in [1.807, 2.05) is 55.4 Å². The van der Waals surface area contributed by atoms with Crippen molar-refractivity contribution in [2.45, 2.75) is 46.6 Å². The molecule has 6 rings (SSSR count). The maximum Gasteiger partial charge on any atom is 0.130 e. The maximum absolute atomic E-state index is 5.60. The van der Waals surface area contributed by atoms with Gasteiger partial charge in [-0.25, -0.2) is 0 Å². The van der Waals surface area contributed by atoms with Gasteiger partial charge in [0.25, 0.3) is 0 Å². The standard InChI is InChI=1S/C14H22N2.C12H12BrN3.C8H12.H4N2/c15-9-6-13-7-10-16(11-8-13)12-14-4-2-1-3-5-14;1-16(2)10-8-11(13)14-15-12(10)9-6-4-3-5-7-9;1-5-4-7-6(2)8(5,7)3;1-2/h1-5,13H,6-12,15H2;3-8H,1-2H3;4-6H,1-3H3;1-2H2. The van der Waals surface area contributed by atoms with Crippen molar-refractivity contribution in [3.8, 4) is 11.3 Å². The van der Waals surface area contributed by atoms with E-state index in [2.05, 4.69) is 99.9 Å². The van der Waals surface area contributed by atoms with Crippen LogP contribution in [0.25, 0.3) is 11.3 Å². The van der Waals surface area contributed by atoms with Crippen molar-refractivity contribution in [3.63, 3.8) is 0 Å². The van der Waals surface area contributed by atoms with Gasteiger partial charge in [0.1, 0.15) is 10.3 Å². The van der Waals surface area contributed by atoms with Crippen molar-refractivity contribution < 1.29 is 0 Å². The molecule has 2 aromatic carbocycles. The van der Waals surface area contributed by atoms with E-state index in [0.29, 0.717) is 5.41 Å². The highest BCUT2D eigenvalue weighted by Crippen LogP contribution is 2.70. The molecule has 1 aromatic heterocycles. The smallest absolute Gasteiger partial charge is 0.130 e. The second-order valence-corrected chi connectivity index (χ2v) is 12.7. The van der Waals surface area contributed by atoms with Crippen LogP contribution in [0.15, 0.2) is 83.0 Å². The third-order valence-corrected chi connectivity index (χ3v) is 9.47. The zero-order valence-corrected chi connectivity index (χ0v) is 27.6. The van der Waals surface area contributed by atoms with E-state index in [9.17, 15) is 0 Å². The van der Waals surface area contributed by atoms with E-state index in [-0.39, 0.29) is 0 Å². The van der Waals surface area contributed by atoms with E-state index in [4.69, 9.17) is 5.73 Å². The Bertz CT molecular complexity index is 1240. The van der Waals surface area contributed by atoms with Crippen molar-refractivity contribution in [1.82, 2.24) is 15.1 Å². The lowest BCUT2D eigenvalue weighted by molar-refractivity contribution is 0.173. The summed E-state index contributed by atoms with van der Waals surface area (Å²) in [5.41, 5.74) is 12.4. The Morgan fingerprint density at radius 1 is 0.952 bits per heavy atom. The number of likely N-dealkylation sites (tertiary alicyclic amines) is 1. The molecule has 2 heterocycles. The monoisotopic (exact) mass is 635 g/mol. The number of hydrogen-bond donors (Lipinski definition) is 3. The first-order valence-corrected chi connectivity index (χ1v) is 15.8. The zero-order valence-electron chi connectivity index (χ0n) is 26.0. The van der Waals surface area contributed by atoms with Gasteiger partial charge in [0.15, 0.2) is 0 Å². The van der Waals surface area contributed by atoms with Crippen LogP contribution in [0.2, 0.25) is 0 Å². The minimum absolute atomic E-state index is 0.667. The second-order valence-electron chi connectivity index (χ2n) is 11.9. The Kier molecular flexibility index (Phi) is 13.1. The van der Waals surface area contributed by atoms with Crippen LogP contribution in [0.1, 0.15) is 45.6 Å². The van der Waals surface area contributed by atoms with Gasteiger partial charge in [0, 0.05) is 31.6 Å². The number of hydrogen-bond acceptors (Lipinski definition) is 7. The summed E-state index contributed by atoms with van der Waals surface area (Å²) >= 11 is 3.34. The number of anilines is 1. The highest BCUT2D eigenvalue weighted by molar-refractivity contribution is 9.10. The van der Waals surface area contributed by atoms with Crippen LogP contribution >= 0.6 is 15.9 Å². The van der Waals surface area contributed by atoms with Crippen molar-refractivity contribution >= 4 is 21.6 Å². The summed E-state index contributed by atoms with van der Waals surface area (Å²) < 4.78 is 0.746. The Hall–Kier alpha value is -2.62. The van der Waals surface area contributed by atoms with E-state index >= 15 is 0 Å². The predicted molar refractivity (Wildman–Crippen MR) is 181 cm³/mol. The van der Waals surface area contributed by atoms with Crippen LogP contribution in [-0.4, -0.2) is 48.8 Å². The van der Waals surface area contributed by atoms with Gasteiger partial charge in [-0.1, -0.05) is 93.1 Å². The summed E-state index contributed by atoms with van der Waals surface area (Å²) in [5.74, 6) is 10.7. The normalized spacial score (nSPS) is 22.4. The number of benzene rings is 2. The average Bonchev–Trinajstić information content (AvgIpc) is 3.47. The average molecular weight is 637 g/mol. The first-order valence-electron chi connectivity index (χ1n) is 15.0. The fraction of sp³-hybridized carbons (Fsp3) is 0.471. The Labute approximate surface area is 261 Å². The molecular weight excluding hydrogens is 586 g/mol. The van der Waals surface area contributed by atoms with Crippen LogP contribution in [0, 0.1) is 23.2 Å². The summed E-state index contributed by atoms with van der Waals surface area (Å²) in [6.07, 6.45) is 6.26. The highest BCUT2D eigenvalue weighted by atomic mass is 79.9. The van der Waals surface area contributed by atoms with Crippen molar-refractivity contribution in [1.29, 1.82) is 0 Å². The minimum Gasteiger partial charge on any atom is -0.376 e. The largest absolute Gasteiger partial charge is 0.376 e. The number of halogens is 1. The Morgan fingerprint density at radius 3 is 2.00 bits per heavy atom. The van der Waals surface area contributed by atoms with E-state index in [1.54, 1.807) is 5.57 Å². The van der Waals surface area contributed by atoms with Crippen LogP contribution in [0.3, 0.4) is 0 Å². The van der Waals surface area contributed by atoms with E-state index in [0.717, 1.165) is 52.4 Å². The maximum atomic E-state index is 5.60. The van der Waals surface area contributed by atoms with Gasteiger partial charge in [0.05, 0.1) is 5.69 Å². The molecule has 3 aliphatic rings. The Balaban J connectivity index is 0.000000176. The summed E-state index contributed by atoms with van der Waals surface area (Å²) in [7, 11) is 3.99. The summed E-state index contributed by atoms with van der Waals surface area (Å²) in [6.45, 7) is 11.4. The number of allylic oxidation sites excluding steroid dienone is 2. The molecule has 3 atom stereocenters. The molecule has 1 aliphatic heterocycles. The second kappa shape index (κ2) is 16.3. The minimum atomic E-state index is 0.667. The summed E-state index contributed by atoms with van der Waals surface area (Å²) in [6, 6.07) is 22.8. The molecule has 1 saturated heterocycles. The highest BCUT2D eigenvalue weighted by Gasteiger charge is 2.61. The molecule has 228 valence electrons. The molecule has 6 N–H and O–H groups in total. The fourth-order valence-corrected chi connectivity index (χ4v) is 6.32. The molecule has 2 fully saturated rings. The number of fused-ring (bicyclic) bond motifs is 1. The molecule has 8 heteroatoms. The van der Waals surface area contributed by atoms with Crippen LogP contribution in [0.5, 0.6) is 0 Å². The summed E-state index contributed by atoms with van der Waals surface area (Å²) in [5, 5.41) is 8.27. The predicted octanol–water partition coefficient (Wildman–Crippen LogP) is 6.26. The molecule has 0 radical (unpaired) electrons. The van der Waals surface area contributed by atoms with E-state index < -0.39 is 0 Å². The summed E-state index contributed by atoms with van der Waals surface area (Å²) in [4.78, 5) is 4.59. The fourth-order valence-electron chi connectivity index (χ4n) is 6.02. The third-order valence-electron chi connectivity index (χ3n) is 9.08. The van der Waals surface area contributed by atoms with Crippen LogP contribution < -0.4 is 22.3 Å². The van der Waals surface area contributed by atoms with Crippen molar-refractivity contribution in [2.24, 2.45) is 40.6 Å². The van der Waals surface area contributed by atoms with Gasteiger partial charge in [-0.15, -0.1) is 10.2 Å². The van der Waals surface area contributed by atoms with Gasteiger partial charge in [-0.05, 0) is 84.2 Å². The van der Waals surface area contributed by atoms with E-state index in [1.165, 1.54) is 37.9 Å². The molecule has 1 saturated carbocycles. The van der Waals surface area contributed by atoms with Crippen LogP contribution in [0.4, 0.5) is 5.69 Å². The molecule has 7 nitrogen and oxygen atoms in total. The topological polar surface area (TPSA) is 110 Å². The third kappa shape index (κ3) is 8.71. The van der Waals surface area contributed by atoms with Gasteiger partial charge in [-0.2, -0.15) is 0 Å². The lowest BCUT2D eigenvalue weighted by Gasteiger charge is -2.31. The molecule has 2 aliphatic carbocycles. The number of nitrogens with zero attached hydrogens (tertiary/aromatic N) is 4. The van der Waals surface area contributed by atoms with Gasteiger partial charge in [0.2, 0.25) is 0 Å². The lowest BCUT2D eigenvalue weighted by Crippen LogP contribution is -2.33. The number of hydrazine groups is 1. The molecule has 3 unspecified atom stereocenters. The number of aromatic nitrogens is 2. The van der Waals surface area contributed by atoms with Gasteiger partial charge in [-0.3, -0.25) is 16.6 Å². The number of rotatable bonds is 6. The zero-order chi connectivity index (χ0) is 30.7. The van der Waals surface area contributed by atoms with Crippen molar-refractivity contribution in [3.05, 3.63) is 88.5 Å². The molecule has 42 heavy (non-hydrogen) atoms. The molecule has 0 spiro atoms. The van der Waals surface area contributed by atoms with Crippen molar-refractivity contribution in [2.75, 3.05) is 38.6 Å². The quantitative estimate of drug-likeness (QED) is 0.167.